The predicted octanol–water partition coefficient (Wildman–Crippen LogP) is 3.79. The molecule has 1 atom stereocenters. The van der Waals surface area contributed by atoms with Crippen LogP contribution in [0.25, 0.3) is 21.7 Å². The van der Waals surface area contributed by atoms with Gasteiger partial charge in [0.2, 0.25) is 0 Å². The van der Waals surface area contributed by atoms with Gasteiger partial charge in [-0.05, 0) is 31.2 Å². The molecule has 2 aromatic carbocycles. The summed E-state index contributed by atoms with van der Waals surface area (Å²) in [5, 5.41) is 13.8. The molecule has 0 radical (unpaired) electrons. The number of ether oxygens (including phenoxy) is 1. The quantitative estimate of drug-likeness (QED) is 0.321. The van der Waals surface area contributed by atoms with Crippen LogP contribution in [0.5, 0.6) is 5.75 Å². The smallest absolute Gasteiger partial charge is 0.343 e. The van der Waals surface area contributed by atoms with Crippen molar-refractivity contribution in [3.63, 3.8) is 0 Å². The van der Waals surface area contributed by atoms with Crippen LogP contribution in [-0.2, 0) is 4.74 Å². The summed E-state index contributed by atoms with van der Waals surface area (Å²) in [6.07, 6.45) is 3.51. The van der Waals surface area contributed by atoms with Gasteiger partial charge in [0, 0.05) is 60.3 Å². The van der Waals surface area contributed by atoms with Gasteiger partial charge in [-0.2, -0.15) is 0 Å². The average Bonchev–Trinajstić information content (AvgIpc) is 3.24. The molecule has 0 bridgehead atoms. The van der Waals surface area contributed by atoms with Crippen LogP contribution in [-0.4, -0.2) is 65.3 Å². The minimum Gasteiger partial charge on any atom is -0.507 e. The number of nitrogens with zero attached hydrogens (tertiary/aromatic N) is 3. The summed E-state index contributed by atoms with van der Waals surface area (Å²) < 4.78 is 11.4. The number of rotatable bonds is 6. The molecule has 8 heteroatoms. The van der Waals surface area contributed by atoms with E-state index >= 15 is 0 Å². The maximum atomic E-state index is 13.1. The molecule has 1 saturated heterocycles. The zero-order valence-corrected chi connectivity index (χ0v) is 20.0. The Hall–Kier alpha value is -3.46. The molecular weight excluding hydrogens is 444 g/mol. The van der Waals surface area contributed by atoms with Gasteiger partial charge in [-0.3, -0.25) is 15.6 Å². The minimum atomic E-state index is -0.566. The third kappa shape index (κ3) is 4.03. The van der Waals surface area contributed by atoms with Crippen LogP contribution in [0.3, 0.4) is 0 Å². The summed E-state index contributed by atoms with van der Waals surface area (Å²) in [7, 11) is 0. The molecule has 3 N–H and O–H groups in total. The fourth-order valence-corrected chi connectivity index (χ4v) is 5.25. The zero-order valence-electron chi connectivity index (χ0n) is 20.0. The normalized spacial score (nSPS) is 16.1. The second-order valence-electron chi connectivity index (χ2n) is 8.80. The lowest BCUT2D eigenvalue weighted by atomic mass is 9.89. The van der Waals surface area contributed by atoms with Crippen molar-refractivity contribution < 1.29 is 19.1 Å². The van der Waals surface area contributed by atoms with Crippen molar-refractivity contribution in [1.82, 2.24) is 14.8 Å². The standard InChI is InChI=1S/C27H30N4O4/c1-3-30-12-14-31(15-13-30)24(18-8-10-29-11-9-18)23-22-21(27(33)34-16-28)17(2)35-26(22)20-7-5-4-6-19(20)25(23)32/h4-11,24,32H,3,12-16,28H2,1-2H3. The van der Waals surface area contributed by atoms with Crippen molar-refractivity contribution in [2.45, 2.75) is 19.9 Å². The van der Waals surface area contributed by atoms with Gasteiger partial charge in [0.1, 0.15) is 29.4 Å². The topological polar surface area (TPSA) is 105 Å². The molecule has 0 amide bonds. The van der Waals surface area contributed by atoms with E-state index in [4.69, 9.17) is 14.9 Å². The number of nitrogens with two attached hydrogens (primary N) is 1. The van der Waals surface area contributed by atoms with Crippen LogP contribution in [0.15, 0.2) is 53.2 Å². The lowest BCUT2D eigenvalue weighted by Gasteiger charge is -2.39. The summed E-state index contributed by atoms with van der Waals surface area (Å²) in [5.74, 6) is -0.000808. The summed E-state index contributed by atoms with van der Waals surface area (Å²) in [4.78, 5) is 22.0. The number of aromatic nitrogens is 1. The van der Waals surface area contributed by atoms with E-state index in [2.05, 4.69) is 21.7 Å². The van der Waals surface area contributed by atoms with E-state index in [1.165, 1.54) is 0 Å². The Morgan fingerprint density at radius 1 is 1.14 bits per heavy atom. The fourth-order valence-electron chi connectivity index (χ4n) is 5.25. The number of furan rings is 1. The molecule has 4 aromatic rings. The molecule has 0 spiro atoms. The van der Waals surface area contributed by atoms with E-state index in [0.717, 1.165) is 43.7 Å². The molecule has 182 valence electrons. The van der Waals surface area contributed by atoms with E-state index in [1.54, 1.807) is 19.3 Å². The van der Waals surface area contributed by atoms with Crippen LogP contribution in [0, 0.1) is 6.92 Å². The van der Waals surface area contributed by atoms with E-state index in [9.17, 15) is 9.90 Å². The van der Waals surface area contributed by atoms with Gasteiger partial charge in [0.25, 0.3) is 0 Å². The zero-order chi connectivity index (χ0) is 24.5. The Kier molecular flexibility index (Phi) is 6.42. The highest BCUT2D eigenvalue weighted by Crippen LogP contribution is 2.47. The molecule has 1 fully saturated rings. The van der Waals surface area contributed by atoms with Crippen molar-refractivity contribution in [3.05, 3.63) is 71.2 Å². The van der Waals surface area contributed by atoms with Crippen molar-refractivity contribution in [1.29, 1.82) is 0 Å². The highest BCUT2D eigenvalue weighted by Gasteiger charge is 2.34. The van der Waals surface area contributed by atoms with Crippen molar-refractivity contribution in [2.75, 3.05) is 39.5 Å². The molecule has 5 rings (SSSR count). The SMILES string of the molecule is CCN1CCN(C(c2ccncc2)c2c(O)c3ccccc3c3oc(C)c(C(=O)OCN)c23)CC1. The molecule has 1 aliphatic rings. The first-order chi connectivity index (χ1) is 17.0. The molecule has 3 heterocycles. The third-order valence-corrected chi connectivity index (χ3v) is 6.97. The summed E-state index contributed by atoms with van der Waals surface area (Å²) in [6, 6.07) is 11.2. The van der Waals surface area contributed by atoms with Gasteiger partial charge < -0.3 is 19.2 Å². The van der Waals surface area contributed by atoms with Gasteiger partial charge in [-0.15, -0.1) is 0 Å². The summed E-state index contributed by atoms with van der Waals surface area (Å²) >= 11 is 0. The Balaban J connectivity index is 1.83. The maximum Gasteiger partial charge on any atom is 0.343 e. The number of hydrogen-bond donors (Lipinski definition) is 2. The first-order valence-electron chi connectivity index (χ1n) is 11.9. The number of phenols is 1. The Labute approximate surface area is 203 Å². The van der Waals surface area contributed by atoms with Crippen molar-refractivity contribution >= 4 is 27.7 Å². The second-order valence-corrected chi connectivity index (χ2v) is 8.80. The van der Waals surface area contributed by atoms with Crippen LogP contribution in [0.1, 0.15) is 40.2 Å². The number of carbonyl (C=O) groups is 1. The number of aromatic hydroxyl groups is 1. The minimum absolute atomic E-state index is 0.135. The summed E-state index contributed by atoms with van der Waals surface area (Å²) in [6.45, 7) is 8.12. The first kappa shape index (κ1) is 23.3. The number of benzene rings is 2. The number of esters is 1. The van der Waals surface area contributed by atoms with Gasteiger partial charge in [0.15, 0.2) is 0 Å². The lowest BCUT2D eigenvalue weighted by Crippen LogP contribution is -2.47. The Morgan fingerprint density at radius 2 is 1.83 bits per heavy atom. The van der Waals surface area contributed by atoms with Crippen LogP contribution >= 0.6 is 0 Å². The molecule has 8 nitrogen and oxygen atoms in total. The predicted molar refractivity (Wildman–Crippen MR) is 134 cm³/mol. The highest BCUT2D eigenvalue weighted by atomic mass is 16.5. The number of fused-ring (bicyclic) bond motifs is 3. The number of hydrogen-bond acceptors (Lipinski definition) is 8. The van der Waals surface area contributed by atoms with Gasteiger partial charge >= 0.3 is 5.97 Å². The molecular formula is C27H30N4O4. The lowest BCUT2D eigenvalue weighted by molar-refractivity contribution is 0.0515. The van der Waals surface area contributed by atoms with Gasteiger partial charge in [0.05, 0.1) is 6.04 Å². The number of pyridine rings is 1. The molecule has 2 aromatic heterocycles. The first-order valence-corrected chi connectivity index (χ1v) is 11.9. The largest absolute Gasteiger partial charge is 0.507 e. The summed E-state index contributed by atoms with van der Waals surface area (Å²) in [5.41, 5.74) is 8.01. The number of piperazine rings is 1. The Bertz CT molecular complexity index is 1360. The van der Waals surface area contributed by atoms with Gasteiger partial charge in [-0.1, -0.05) is 31.2 Å². The molecule has 0 aliphatic carbocycles. The average molecular weight is 475 g/mol. The van der Waals surface area contributed by atoms with E-state index in [-0.39, 0.29) is 18.5 Å². The van der Waals surface area contributed by atoms with Crippen molar-refractivity contribution in [3.8, 4) is 5.75 Å². The number of carbonyl (C=O) groups excluding carboxylic acids is 1. The third-order valence-electron chi connectivity index (χ3n) is 6.97. The molecule has 0 saturated carbocycles. The van der Waals surface area contributed by atoms with Crippen LogP contribution < -0.4 is 5.73 Å². The van der Waals surface area contributed by atoms with E-state index in [1.807, 2.05) is 36.4 Å². The van der Waals surface area contributed by atoms with Crippen LogP contribution in [0.4, 0.5) is 0 Å². The fraction of sp³-hybridized carbons (Fsp3) is 0.333. The number of phenolic OH excluding ortho intramolecular Hbond substituents is 1. The monoisotopic (exact) mass is 474 g/mol. The molecule has 1 aliphatic heterocycles. The molecule has 35 heavy (non-hydrogen) atoms. The van der Waals surface area contributed by atoms with E-state index in [0.29, 0.717) is 33.2 Å². The van der Waals surface area contributed by atoms with Crippen molar-refractivity contribution in [2.24, 2.45) is 5.73 Å². The Morgan fingerprint density at radius 3 is 2.49 bits per heavy atom. The van der Waals surface area contributed by atoms with Crippen LogP contribution in [0.2, 0.25) is 0 Å². The van der Waals surface area contributed by atoms with Gasteiger partial charge in [-0.25, -0.2) is 4.79 Å². The van der Waals surface area contributed by atoms with E-state index < -0.39 is 5.97 Å². The maximum absolute atomic E-state index is 13.1. The number of likely N-dealkylation sites (N-methyl/N-ethyl adjacent to an activating group) is 1. The highest BCUT2D eigenvalue weighted by molar-refractivity contribution is 6.16. The number of aryl methyl sites for hydroxylation is 1. The molecule has 1 unspecified atom stereocenters. The second kappa shape index (κ2) is 9.65.